The van der Waals surface area contributed by atoms with Gasteiger partial charge in [-0.1, -0.05) is 352 Å². The van der Waals surface area contributed by atoms with Crippen LogP contribution in [0.3, 0.4) is 0 Å². The topological polar surface area (TPSA) is 26.2 Å². The van der Waals surface area contributed by atoms with Crippen molar-refractivity contribution in [2.45, 2.75) is 0 Å². The lowest BCUT2D eigenvalue weighted by molar-refractivity contribution is 1.17. The zero-order chi connectivity index (χ0) is 99.3. The largest absolute Gasteiger partial charge is 0.311 e. The standard InChI is InChI=1S/2C72H49N3/c1-6-19-50(20-7-1)54-33-40-71-67(47-54)68-49-56(35-42-72(68)74(71)63-38-36-62(37-39-63)73(60-26-12-4-13-27-60)61-28-14-5-15-29-61)55-34-41-70-66(48-55)65-31-16-17-32-69(65)75(70)64-30-18-25-53(46-64)59-44-57(51-21-8-2-9-22-51)43-58(45-59)52-23-10-3-11-24-52;1-6-19-50(20-7-1)54-33-40-71-67(47-54)68-49-56(35-42-72(68)75(71)64-30-18-25-53(46-64)59-44-57(51-21-8-2-9-22-51)43-58(45-59)52-23-10-3-11-24-52)55-34-41-70-66(48-55)65-31-16-17-32-69(65)74(70)63-38-36-62(37-39-63)73(60-26-12-4-13-27-60)61-28-14-5-15-29-61/h2*1-49H. The second kappa shape index (κ2) is 38.6. The van der Waals surface area contributed by atoms with Crippen LogP contribution in [0.1, 0.15) is 0 Å². The summed E-state index contributed by atoms with van der Waals surface area (Å²) in [6, 6.07) is 216. The highest BCUT2D eigenvalue weighted by Crippen LogP contribution is 2.48. The normalized spacial score (nSPS) is 11.5. The molecule has 4 aromatic heterocycles. The molecule has 150 heavy (non-hydrogen) atoms. The molecule has 28 aromatic rings. The molecule has 0 radical (unpaired) electrons. The molecule has 0 fully saturated rings. The van der Waals surface area contributed by atoms with Crippen molar-refractivity contribution in [1.82, 2.24) is 18.3 Å². The third-order valence-electron chi connectivity index (χ3n) is 29.7. The number of hydrogen-bond donors (Lipinski definition) is 0. The Morgan fingerprint density at radius 1 is 0.0933 bits per heavy atom. The first-order chi connectivity index (χ1) is 74.4. The van der Waals surface area contributed by atoms with Crippen LogP contribution in [0.2, 0.25) is 0 Å². The van der Waals surface area contributed by atoms with Crippen molar-refractivity contribution in [3.63, 3.8) is 0 Å². The summed E-state index contributed by atoms with van der Waals surface area (Å²) >= 11 is 0. The highest BCUT2D eigenvalue weighted by molar-refractivity contribution is 6.16. The maximum absolute atomic E-state index is 2.45. The molecule has 0 aliphatic heterocycles. The van der Waals surface area contributed by atoms with Gasteiger partial charge in [-0.2, -0.15) is 0 Å². The third kappa shape index (κ3) is 16.7. The summed E-state index contributed by atoms with van der Waals surface area (Å²) < 4.78 is 9.72. The van der Waals surface area contributed by atoms with Gasteiger partial charge in [-0.05, 0) is 354 Å². The van der Waals surface area contributed by atoms with Crippen molar-refractivity contribution in [2.24, 2.45) is 0 Å². The fourth-order valence-electron chi connectivity index (χ4n) is 22.6. The van der Waals surface area contributed by atoms with E-state index in [2.05, 4.69) is 623 Å². The fraction of sp³-hybridized carbons (Fsp3) is 0. The van der Waals surface area contributed by atoms with Gasteiger partial charge in [0.1, 0.15) is 0 Å². The molecule has 0 unspecified atom stereocenters. The van der Waals surface area contributed by atoms with Crippen LogP contribution in [0.15, 0.2) is 595 Å². The van der Waals surface area contributed by atoms with Gasteiger partial charge in [-0.25, -0.2) is 0 Å². The molecule has 0 amide bonds. The quantitative estimate of drug-likeness (QED) is 0.0760. The molecule has 704 valence electrons. The molecule has 6 nitrogen and oxygen atoms in total. The molecule has 0 aliphatic rings. The first kappa shape index (κ1) is 89.0. The lowest BCUT2D eigenvalue weighted by atomic mass is 9.93. The second-order valence-corrected chi connectivity index (χ2v) is 38.7. The van der Waals surface area contributed by atoms with Crippen LogP contribution >= 0.6 is 0 Å². The van der Waals surface area contributed by atoms with Gasteiger partial charge in [-0.15, -0.1) is 0 Å². The number of anilines is 6. The van der Waals surface area contributed by atoms with Crippen molar-refractivity contribution in [3.8, 4) is 134 Å². The number of aromatic nitrogens is 4. The van der Waals surface area contributed by atoms with E-state index in [0.29, 0.717) is 0 Å². The molecular weight excluding hydrogens is 1810 g/mol. The zero-order valence-corrected chi connectivity index (χ0v) is 82.3. The van der Waals surface area contributed by atoms with E-state index in [-0.39, 0.29) is 0 Å². The van der Waals surface area contributed by atoms with Gasteiger partial charge in [-0.3, -0.25) is 0 Å². The van der Waals surface area contributed by atoms with Crippen LogP contribution < -0.4 is 9.80 Å². The Morgan fingerprint density at radius 3 is 0.520 bits per heavy atom. The summed E-state index contributed by atoms with van der Waals surface area (Å²) in [5, 5.41) is 9.76. The highest BCUT2D eigenvalue weighted by Gasteiger charge is 2.25. The Balaban J connectivity index is 0.000000148. The molecule has 0 saturated heterocycles. The molecule has 0 bridgehead atoms. The van der Waals surface area contributed by atoms with Crippen LogP contribution in [0.4, 0.5) is 34.1 Å². The molecule has 0 N–H and O–H groups in total. The molecule has 0 saturated carbocycles. The molecule has 24 aromatic carbocycles. The summed E-state index contributed by atoms with van der Waals surface area (Å²) in [7, 11) is 0. The van der Waals surface area contributed by atoms with Gasteiger partial charge < -0.3 is 28.1 Å². The molecule has 0 atom stereocenters. The molecule has 4 heterocycles. The van der Waals surface area contributed by atoms with E-state index in [9.17, 15) is 0 Å². The molecular formula is C144H98N6. The molecule has 28 rings (SSSR count). The second-order valence-electron chi connectivity index (χ2n) is 38.7. The summed E-state index contributed by atoms with van der Waals surface area (Å²) in [5.74, 6) is 0. The molecule has 0 spiro atoms. The number of para-hydroxylation sites is 6. The predicted octanol–water partition coefficient (Wildman–Crippen LogP) is 39.4. The van der Waals surface area contributed by atoms with Crippen molar-refractivity contribution in [3.05, 3.63) is 595 Å². The number of benzene rings is 24. The average Bonchev–Trinajstić information content (AvgIpc) is 1.58. The summed E-state index contributed by atoms with van der Waals surface area (Å²) in [6.07, 6.45) is 0. The Labute approximate surface area is 871 Å². The number of nitrogens with zero attached hydrogens (tertiary/aromatic N) is 6. The van der Waals surface area contributed by atoms with Gasteiger partial charge in [0.05, 0.1) is 44.1 Å². The smallest absolute Gasteiger partial charge is 0.0541 e. The van der Waals surface area contributed by atoms with Gasteiger partial charge in [0, 0.05) is 100.0 Å². The van der Waals surface area contributed by atoms with E-state index in [1.165, 1.54) is 193 Å². The van der Waals surface area contributed by atoms with Crippen LogP contribution in [-0.4, -0.2) is 18.3 Å². The van der Waals surface area contributed by atoms with E-state index < -0.39 is 0 Å². The highest BCUT2D eigenvalue weighted by atomic mass is 15.2. The van der Waals surface area contributed by atoms with Crippen LogP contribution in [0, 0.1) is 0 Å². The average molecular weight is 1910 g/mol. The summed E-state index contributed by atoms with van der Waals surface area (Å²) in [4.78, 5) is 4.62. The minimum Gasteiger partial charge on any atom is -0.311 e. The minimum atomic E-state index is 1.10. The van der Waals surface area contributed by atoms with Gasteiger partial charge in [0.25, 0.3) is 0 Å². The van der Waals surface area contributed by atoms with Crippen molar-refractivity contribution in [2.75, 3.05) is 9.80 Å². The van der Waals surface area contributed by atoms with E-state index in [1.54, 1.807) is 0 Å². The van der Waals surface area contributed by atoms with Crippen LogP contribution in [-0.2, 0) is 0 Å². The number of hydrogen-bond acceptors (Lipinski definition) is 2. The maximum atomic E-state index is 2.45. The summed E-state index contributed by atoms with van der Waals surface area (Å²) in [6.45, 7) is 0. The SMILES string of the molecule is c1ccc(-c2cc(-c3ccccc3)cc(-c3cccc(-n4c5ccc(-c6ccccc6)cc5c5cc(-c6ccc7c(c6)c6ccccc6n7-c6ccc(N(c7ccccc7)c7ccccc7)cc6)ccc54)c3)c2)cc1.c1ccc(-c2cc(-c3ccccc3)cc(-c3cccc(-n4c5ccccc5c5cc(-c6ccc7c(c6)c6cc(-c8ccccc8)ccc6n7-c6ccc(N(c7ccccc7)c7ccccc7)cc6)ccc54)c3)c2)cc1. The number of fused-ring (bicyclic) bond motifs is 12. The van der Waals surface area contributed by atoms with Gasteiger partial charge in [0.2, 0.25) is 0 Å². The minimum absolute atomic E-state index is 1.10. The Morgan fingerprint density at radius 2 is 0.267 bits per heavy atom. The fourth-order valence-corrected chi connectivity index (χ4v) is 22.6. The van der Waals surface area contributed by atoms with Crippen molar-refractivity contribution < 1.29 is 0 Å². The molecule has 6 heteroatoms. The lowest BCUT2D eigenvalue weighted by Crippen LogP contribution is -2.09. The Bertz CT molecular complexity index is 9680. The van der Waals surface area contributed by atoms with E-state index in [1.807, 2.05) is 0 Å². The van der Waals surface area contributed by atoms with Crippen molar-refractivity contribution >= 4 is 121 Å². The first-order valence-electron chi connectivity index (χ1n) is 51.5. The van der Waals surface area contributed by atoms with E-state index >= 15 is 0 Å². The van der Waals surface area contributed by atoms with Gasteiger partial charge in [0.15, 0.2) is 0 Å². The van der Waals surface area contributed by atoms with Crippen LogP contribution in [0.25, 0.3) is 221 Å². The zero-order valence-electron chi connectivity index (χ0n) is 82.3. The predicted molar refractivity (Wildman–Crippen MR) is 634 cm³/mol. The lowest BCUT2D eigenvalue weighted by Gasteiger charge is -2.25. The van der Waals surface area contributed by atoms with Gasteiger partial charge >= 0.3 is 0 Å². The number of rotatable bonds is 20. The van der Waals surface area contributed by atoms with Crippen molar-refractivity contribution in [1.29, 1.82) is 0 Å². The first-order valence-corrected chi connectivity index (χ1v) is 51.5. The van der Waals surface area contributed by atoms with E-state index in [4.69, 9.17) is 0 Å². The summed E-state index contributed by atoms with van der Waals surface area (Å²) in [5.41, 5.74) is 44.3. The monoisotopic (exact) mass is 1910 g/mol. The Hall–Kier alpha value is -19.9. The maximum Gasteiger partial charge on any atom is 0.0541 e. The van der Waals surface area contributed by atoms with E-state index in [0.717, 1.165) is 62.4 Å². The third-order valence-corrected chi connectivity index (χ3v) is 29.7. The Kier molecular flexibility index (Phi) is 22.9. The molecule has 0 aliphatic carbocycles. The van der Waals surface area contributed by atoms with Crippen LogP contribution in [0.5, 0.6) is 0 Å².